The lowest BCUT2D eigenvalue weighted by atomic mass is 9.71. The molecule has 5 heteroatoms. The van der Waals surface area contributed by atoms with E-state index in [1.165, 1.54) is 6.92 Å². The van der Waals surface area contributed by atoms with Gasteiger partial charge in [0.25, 0.3) is 0 Å². The van der Waals surface area contributed by atoms with Crippen molar-refractivity contribution in [3.8, 4) is 6.07 Å². The molecule has 3 atom stereocenters. The normalized spacial score (nSPS) is 26.2. The summed E-state index contributed by atoms with van der Waals surface area (Å²) in [5.41, 5.74) is 4.42. The average Bonchev–Trinajstić information content (AvgIpc) is 3.13. The van der Waals surface area contributed by atoms with Gasteiger partial charge in [0.1, 0.15) is 0 Å². The molecule has 0 unspecified atom stereocenters. The van der Waals surface area contributed by atoms with Crippen LogP contribution in [0.15, 0.2) is 42.5 Å². The number of amides is 1. The van der Waals surface area contributed by atoms with Gasteiger partial charge in [-0.2, -0.15) is 5.26 Å². The van der Waals surface area contributed by atoms with Gasteiger partial charge in [-0.15, -0.1) is 0 Å². The van der Waals surface area contributed by atoms with Crippen molar-refractivity contribution in [2.24, 2.45) is 5.92 Å². The van der Waals surface area contributed by atoms with Crippen LogP contribution in [0.4, 0.5) is 11.4 Å². The Kier molecular flexibility index (Phi) is 3.93. The molecule has 2 heterocycles. The fraction of sp³-hybridized carbons (Fsp3) is 0.333. The van der Waals surface area contributed by atoms with Crippen LogP contribution >= 0.6 is 0 Å². The molecular weight excluding hydrogens is 326 g/mol. The number of fused-ring (bicyclic) bond motifs is 3. The minimum absolute atomic E-state index is 0.0133. The molecule has 1 fully saturated rings. The lowest BCUT2D eigenvalue weighted by Crippen LogP contribution is -2.44. The zero-order chi connectivity index (χ0) is 18.3. The van der Waals surface area contributed by atoms with Crippen molar-refractivity contribution in [1.29, 1.82) is 5.26 Å². The standard InChI is InChI=1S/C21H21N3O2/c1-13(25)23-16-7-8-19-17(11-16)20-18(9-10-26-20)21(2,24-19)15-5-3-14(12-22)4-6-15/h3-8,11,18,20,24H,9-10H2,1-2H3,(H,23,25)/t18-,20+,21-/m1/s1. The number of nitrogens with zero attached hydrogens (tertiary/aromatic N) is 1. The van der Waals surface area contributed by atoms with E-state index in [1.54, 1.807) is 0 Å². The molecule has 0 aromatic heterocycles. The summed E-state index contributed by atoms with van der Waals surface area (Å²) >= 11 is 0. The van der Waals surface area contributed by atoms with Crippen LogP contribution in [0.3, 0.4) is 0 Å². The van der Waals surface area contributed by atoms with E-state index in [0.717, 1.165) is 28.9 Å². The maximum Gasteiger partial charge on any atom is 0.221 e. The van der Waals surface area contributed by atoms with Crippen LogP contribution in [0.5, 0.6) is 0 Å². The van der Waals surface area contributed by atoms with Crippen LogP contribution < -0.4 is 10.6 Å². The molecule has 0 spiro atoms. The third-order valence-electron chi connectivity index (χ3n) is 5.52. The topological polar surface area (TPSA) is 74.1 Å². The molecule has 5 nitrogen and oxygen atoms in total. The van der Waals surface area contributed by atoms with Gasteiger partial charge in [-0.05, 0) is 49.2 Å². The Labute approximate surface area is 153 Å². The van der Waals surface area contributed by atoms with Gasteiger partial charge in [-0.1, -0.05) is 12.1 Å². The van der Waals surface area contributed by atoms with E-state index in [-0.39, 0.29) is 23.5 Å². The number of hydrogen-bond acceptors (Lipinski definition) is 4. The van der Waals surface area contributed by atoms with Crippen LogP contribution in [0, 0.1) is 17.2 Å². The minimum atomic E-state index is -0.280. The van der Waals surface area contributed by atoms with Crippen molar-refractivity contribution in [1.82, 2.24) is 0 Å². The van der Waals surface area contributed by atoms with Gasteiger partial charge < -0.3 is 15.4 Å². The molecule has 2 aliphatic heterocycles. The highest BCUT2D eigenvalue weighted by Crippen LogP contribution is 2.53. The van der Waals surface area contributed by atoms with Crippen molar-refractivity contribution < 1.29 is 9.53 Å². The van der Waals surface area contributed by atoms with Crippen molar-refractivity contribution in [2.45, 2.75) is 31.9 Å². The Morgan fingerprint density at radius 3 is 2.77 bits per heavy atom. The smallest absolute Gasteiger partial charge is 0.221 e. The molecular formula is C21H21N3O2. The van der Waals surface area contributed by atoms with E-state index in [2.05, 4.69) is 23.6 Å². The van der Waals surface area contributed by atoms with E-state index in [4.69, 9.17) is 10.00 Å². The quantitative estimate of drug-likeness (QED) is 0.863. The summed E-state index contributed by atoms with van der Waals surface area (Å²) in [4.78, 5) is 11.4. The van der Waals surface area contributed by atoms with E-state index < -0.39 is 0 Å². The molecule has 132 valence electrons. The van der Waals surface area contributed by atoms with Crippen molar-refractivity contribution >= 4 is 17.3 Å². The van der Waals surface area contributed by atoms with Gasteiger partial charge in [0.2, 0.25) is 5.91 Å². The number of anilines is 2. The number of hydrogen-bond donors (Lipinski definition) is 2. The van der Waals surface area contributed by atoms with Gasteiger partial charge in [0.05, 0.1) is 23.3 Å². The van der Waals surface area contributed by atoms with Gasteiger partial charge in [-0.25, -0.2) is 0 Å². The predicted molar refractivity (Wildman–Crippen MR) is 99.7 cm³/mol. The minimum Gasteiger partial charge on any atom is -0.375 e. The first-order valence-corrected chi connectivity index (χ1v) is 8.83. The summed E-state index contributed by atoms with van der Waals surface area (Å²) in [6.07, 6.45) is 0.943. The molecule has 4 rings (SSSR count). The van der Waals surface area contributed by atoms with Gasteiger partial charge in [0, 0.05) is 36.4 Å². The molecule has 2 aliphatic rings. The number of rotatable bonds is 2. The maximum absolute atomic E-state index is 11.4. The number of carbonyl (C=O) groups excluding carboxylic acids is 1. The third kappa shape index (κ3) is 2.63. The van der Waals surface area contributed by atoms with Crippen molar-refractivity contribution in [3.63, 3.8) is 0 Å². The lowest BCUT2D eigenvalue weighted by molar-refractivity contribution is -0.114. The van der Waals surface area contributed by atoms with Gasteiger partial charge in [-0.3, -0.25) is 4.79 Å². The number of ether oxygens (including phenoxy) is 1. The highest BCUT2D eigenvalue weighted by atomic mass is 16.5. The second-order valence-corrected chi connectivity index (χ2v) is 7.19. The summed E-state index contributed by atoms with van der Waals surface area (Å²) < 4.78 is 6.10. The van der Waals surface area contributed by atoms with Crippen LogP contribution in [0.25, 0.3) is 0 Å². The molecule has 0 saturated carbocycles. The maximum atomic E-state index is 11.4. The zero-order valence-corrected chi connectivity index (χ0v) is 14.9. The predicted octanol–water partition coefficient (Wildman–Crippen LogP) is 3.94. The lowest BCUT2D eigenvalue weighted by Gasteiger charge is -2.45. The van der Waals surface area contributed by atoms with Crippen LogP contribution in [0.2, 0.25) is 0 Å². The first kappa shape index (κ1) is 16.6. The summed E-state index contributed by atoms with van der Waals surface area (Å²) in [5, 5.41) is 15.6. The number of nitriles is 1. The fourth-order valence-electron chi connectivity index (χ4n) is 4.23. The molecule has 2 aromatic rings. The molecule has 2 aromatic carbocycles. The van der Waals surface area contributed by atoms with E-state index >= 15 is 0 Å². The second-order valence-electron chi connectivity index (χ2n) is 7.19. The highest BCUT2D eigenvalue weighted by Gasteiger charge is 2.48. The average molecular weight is 347 g/mol. The van der Waals surface area contributed by atoms with Crippen LogP contribution in [-0.2, 0) is 15.1 Å². The summed E-state index contributed by atoms with van der Waals surface area (Å²) in [7, 11) is 0. The summed E-state index contributed by atoms with van der Waals surface area (Å²) in [6.45, 7) is 4.42. The molecule has 1 amide bonds. The highest BCUT2D eigenvalue weighted by molar-refractivity contribution is 5.89. The van der Waals surface area contributed by atoms with E-state index in [9.17, 15) is 4.79 Å². The molecule has 0 bridgehead atoms. The first-order valence-electron chi connectivity index (χ1n) is 8.83. The molecule has 0 aliphatic carbocycles. The number of carbonyl (C=O) groups is 1. The Hall–Kier alpha value is -2.84. The SMILES string of the molecule is CC(=O)Nc1ccc2c(c1)[C@@H]1OCC[C@H]1[C@@](C)(c1ccc(C#N)cc1)N2. The van der Waals surface area contributed by atoms with Crippen LogP contribution in [-0.4, -0.2) is 12.5 Å². The van der Waals surface area contributed by atoms with Gasteiger partial charge in [0.15, 0.2) is 0 Å². The summed E-state index contributed by atoms with van der Waals surface area (Å²) in [6, 6.07) is 15.9. The zero-order valence-electron chi connectivity index (χ0n) is 14.9. The Balaban J connectivity index is 1.76. The van der Waals surface area contributed by atoms with Crippen molar-refractivity contribution in [2.75, 3.05) is 17.2 Å². The van der Waals surface area contributed by atoms with Crippen molar-refractivity contribution in [3.05, 3.63) is 59.2 Å². The first-order chi connectivity index (χ1) is 12.5. The second kappa shape index (κ2) is 6.15. The fourth-order valence-corrected chi connectivity index (χ4v) is 4.23. The molecule has 1 saturated heterocycles. The Bertz CT molecular complexity index is 900. The monoisotopic (exact) mass is 347 g/mol. The largest absolute Gasteiger partial charge is 0.375 e. The summed E-state index contributed by atoms with van der Waals surface area (Å²) in [5.74, 6) is 0.190. The molecule has 26 heavy (non-hydrogen) atoms. The van der Waals surface area contributed by atoms with Gasteiger partial charge >= 0.3 is 0 Å². The number of nitrogens with one attached hydrogen (secondary N) is 2. The Morgan fingerprint density at radius 1 is 1.31 bits per heavy atom. The molecule has 0 radical (unpaired) electrons. The van der Waals surface area contributed by atoms with E-state index in [0.29, 0.717) is 12.2 Å². The Morgan fingerprint density at radius 2 is 2.08 bits per heavy atom. The third-order valence-corrected chi connectivity index (χ3v) is 5.52. The van der Waals surface area contributed by atoms with E-state index in [1.807, 2.05) is 42.5 Å². The number of benzene rings is 2. The molecule has 2 N–H and O–H groups in total. The van der Waals surface area contributed by atoms with Crippen LogP contribution in [0.1, 0.15) is 43.1 Å².